The van der Waals surface area contributed by atoms with Crippen molar-refractivity contribution in [2.75, 3.05) is 0 Å². The van der Waals surface area contributed by atoms with Crippen LogP contribution in [0, 0.1) is 0 Å². The first-order valence-corrected chi connectivity index (χ1v) is 4.62. The van der Waals surface area contributed by atoms with Crippen molar-refractivity contribution in [3.63, 3.8) is 0 Å². The molecule has 0 bridgehead atoms. The Labute approximate surface area is 81.5 Å². The van der Waals surface area contributed by atoms with Crippen molar-refractivity contribution in [2.45, 2.75) is 6.54 Å². The lowest BCUT2D eigenvalue weighted by Crippen LogP contribution is -1.95. The quantitative estimate of drug-likeness (QED) is 0.621. The first kappa shape index (κ1) is 7.56. The van der Waals surface area contributed by atoms with Gasteiger partial charge in [0.05, 0.1) is 6.54 Å². The molecule has 1 aromatic carbocycles. The third kappa shape index (κ3) is 0.880. The Bertz CT molecular complexity index is 548. The van der Waals surface area contributed by atoms with E-state index in [-0.39, 0.29) is 0 Å². The average molecular weight is 183 g/mol. The lowest BCUT2D eigenvalue weighted by atomic mass is 10.2. The molecule has 2 aromatic rings. The Morgan fingerprint density at radius 2 is 2.14 bits per heavy atom. The number of hydrogen-bond acceptors (Lipinski definition) is 1. The molecule has 1 aliphatic heterocycles. The molecule has 0 spiro atoms. The van der Waals surface area contributed by atoms with E-state index in [1.54, 1.807) is 0 Å². The number of hydrogen-bond donors (Lipinski definition) is 0. The first-order chi connectivity index (χ1) is 6.88. The van der Waals surface area contributed by atoms with E-state index >= 15 is 0 Å². The number of nitrogens with zero attached hydrogens (tertiary/aromatic N) is 1. The summed E-state index contributed by atoms with van der Waals surface area (Å²) in [4.78, 5) is 10.6. The smallest absolute Gasteiger partial charge is 0.147 e. The van der Waals surface area contributed by atoms with Gasteiger partial charge in [0.1, 0.15) is 6.29 Å². The summed E-state index contributed by atoms with van der Waals surface area (Å²) in [5.41, 5.74) is 3.19. The summed E-state index contributed by atoms with van der Waals surface area (Å²) in [5.74, 6) is 0. The molecule has 0 unspecified atom stereocenters. The second-order valence-electron chi connectivity index (χ2n) is 3.55. The van der Waals surface area contributed by atoms with Crippen molar-refractivity contribution >= 4 is 23.3 Å². The zero-order valence-corrected chi connectivity index (χ0v) is 7.60. The molecular weight excluding hydrogens is 174 g/mol. The highest BCUT2D eigenvalue weighted by Gasteiger charge is 2.14. The zero-order chi connectivity index (χ0) is 9.54. The topological polar surface area (TPSA) is 22.0 Å². The van der Waals surface area contributed by atoms with Gasteiger partial charge in [0.15, 0.2) is 0 Å². The van der Waals surface area contributed by atoms with Gasteiger partial charge in [-0.15, -0.1) is 0 Å². The third-order valence-electron chi connectivity index (χ3n) is 2.67. The Morgan fingerprint density at radius 3 is 3.00 bits per heavy atom. The number of allylic oxidation sites excluding steroid dienone is 1. The fourth-order valence-electron chi connectivity index (χ4n) is 2.02. The molecule has 0 amide bonds. The summed E-state index contributed by atoms with van der Waals surface area (Å²) < 4.78 is 2.17. The van der Waals surface area contributed by atoms with Gasteiger partial charge in [-0.05, 0) is 18.2 Å². The Balaban J connectivity index is 2.29. The highest BCUT2D eigenvalue weighted by Crippen LogP contribution is 2.26. The van der Waals surface area contributed by atoms with E-state index in [0.29, 0.717) is 6.54 Å². The van der Waals surface area contributed by atoms with Crippen LogP contribution in [0.4, 0.5) is 0 Å². The number of benzene rings is 1. The SMILES string of the molecule is O=CC1=Cc2cc3ccccc3n2C1. The van der Waals surface area contributed by atoms with Gasteiger partial charge in [-0.3, -0.25) is 4.79 Å². The van der Waals surface area contributed by atoms with Crippen LogP contribution < -0.4 is 0 Å². The third-order valence-corrected chi connectivity index (χ3v) is 2.67. The molecule has 0 fully saturated rings. The summed E-state index contributed by atoms with van der Waals surface area (Å²) in [5, 5.41) is 1.24. The first-order valence-electron chi connectivity index (χ1n) is 4.62. The maximum absolute atomic E-state index is 10.6. The van der Waals surface area contributed by atoms with Gasteiger partial charge >= 0.3 is 0 Å². The van der Waals surface area contributed by atoms with E-state index in [0.717, 1.165) is 17.6 Å². The molecule has 2 nitrogen and oxygen atoms in total. The molecule has 0 saturated heterocycles. The number of carbonyl (C=O) groups excluding carboxylic acids is 1. The van der Waals surface area contributed by atoms with Crippen LogP contribution in [0.3, 0.4) is 0 Å². The van der Waals surface area contributed by atoms with E-state index in [1.807, 2.05) is 18.2 Å². The average Bonchev–Trinajstić information content (AvgIpc) is 2.73. The highest BCUT2D eigenvalue weighted by molar-refractivity contribution is 5.90. The zero-order valence-electron chi connectivity index (χ0n) is 7.60. The number of rotatable bonds is 1. The molecule has 14 heavy (non-hydrogen) atoms. The van der Waals surface area contributed by atoms with Gasteiger partial charge in [0.25, 0.3) is 0 Å². The normalized spacial score (nSPS) is 14.1. The number of aromatic nitrogens is 1. The fraction of sp³-hybridized carbons (Fsp3) is 0.0833. The van der Waals surface area contributed by atoms with E-state index < -0.39 is 0 Å². The minimum absolute atomic E-state index is 0.715. The molecule has 1 aliphatic rings. The lowest BCUT2D eigenvalue weighted by Gasteiger charge is -1.99. The number of para-hydroxylation sites is 1. The van der Waals surface area contributed by atoms with Crippen LogP contribution in [0.15, 0.2) is 35.9 Å². The Morgan fingerprint density at radius 1 is 1.29 bits per heavy atom. The number of carbonyl (C=O) groups is 1. The van der Waals surface area contributed by atoms with Crippen LogP contribution in [-0.4, -0.2) is 10.9 Å². The van der Waals surface area contributed by atoms with Gasteiger partial charge in [-0.1, -0.05) is 18.2 Å². The summed E-state index contributed by atoms with van der Waals surface area (Å²) >= 11 is 0. The van der Waals surface area contributed by atoms with E-state index in [4.69, 9.17) is 0 Å². The molecule has 1 aromatic heterocycles. The lowest BCUT2D eigenvalue weighted by molar-refractivity contribution is -0.105. The second kappa shape index (κ2) is 2.58. The second-order valence-corrected chi connectivity index (χ2v) is 3.55. The summed E-state index contributed by atoms with van der Waals surface area (Å²) in [7, 11) is 0. The maximum Gasteiger partial charge on any atom is 0.147 e. The van der Waals surface area contributed by atoms with Gasteiger partial charge in [0, 0.05) is 22.2 Å². The minimum atomic E-state index is 0.715. The van der Waals surface area contributed by atoms with E-state index in [1.165, 1.54) is 10.9 Å². The summed E-state index contributed by atoms with van der Waals surface area (Å²) in [6, 6.07) is 10.3. The molecule has 0 atom stereocenters. The minimum Gasteiger partial charge on any atom is -0.336 e. The molecule has 2 heteroatoms. The van der Waals surface area contributed by atoms with Crippen LogP contribution in [0.25, 0.3) is 17.0 Å². The molecular formula is C12H9NO. The molecule has 0 saturated carbocycles. The van der Waals surface area contributed by atoms with Crippen molar-refractivity contribution in [3.05, 3.63) is 41.6 Å². The summed E-state index contributed by atoms with van der Waals surface area (Å²) in [6.07, 6.45) is 2.88. The van der Waals surface area contributed by atoms with Crippen molar-refractivity contribution in [1.29, 1.82) is 0 Å². The molecule has 3 rings (SSSR count). The van der Waals surface area contributed by atoms with Crippen molar-refractivity contribution in [2.24, 2.45) is 0 Å². The van der Waals surface area contributed by atoms with Gasteiger partial charge < -0.3 is 4.57 Å². The molecule has 68 valence electrons. The van der Waals surface area contributed by atoms with Crippen molar-refractivity contribution in [3.8, 4) is 0 Å². The molecule has 2 heterocycles. The largest absolute Gasteiger partial charge is 0.336 e. The Hall–Kier alpha value is -1.83. The van der Waals surface area contributed by atoms with Crippen LogP contribution in [0.5, 0.6) is 0 Å². The Kier molecular flexibility index (Phi) is 1.39. The van der Waals surface area contributed by atoms with Gasteiger partial charge in [-0.2, -0.15) is 0 Å². The number of fused-ring (bicyclic) bond motifs is 3. The van der Waals surface area contributed by atoms with Crippen molar-refractivity contribution < 1.29 is 4.79 Å². The van der Waals surface area contributed by atoms with Crippen LogP contribution in [0.1, 0.15) is 5.69 Å². The highest BCUT2D eigenvalue weighted by atomic mass is 16.1. The number of aldehydes is 1. The van der Waals surface area contributed by atoms with Crippen LogP contribution >= 0.6 is 0 Å². The van der Waals surface area contributed by atoms with E-state index in [2.05, 4.69) is 22.8 Å². The predicted molar refractivity (Wildman–Crippen MR) is 56.0 cm³/mol. The molecule has 0 radical (unpaired) electrons. The van der Waals surface area contributed by atoms with Crippen LogP contribution in [-0.2, 0) is 11.3 Å². The predicted octanol–water partition coefficient (Wildman–Crippen LogP) is 2.24. The standard InChI is InChI=1S/C12H9NO/c14-8-9-5-11-6-10-3-1-2-4-12(10)13(11)7-9/h1-6,8H,7H2. The van der Waals surface area contributed by atoms with Gasteiger partial charge in [0.2, 0.25) is 0 Å². The monoisotopic (exact) mass is 183 g/mol. The van der Waals surface area contributed by atoms with Gasteiger partial charge in [-0.25, -0.2) is 0 Å². The van der Waals surface area contributed by atoms with Crippen LogP contribution in [0.2, 0.25) is 0 Å². The molecule has 0 N–H and O–H groups in total. The van der Waals surface area contributed by atoms with E-state index in [9.17, 15) is 4.79 Å². The maximum atomic E-state index is 10.6. The molecule has 0 aliphatic carbocycles. The summed E-state index contributed by atoms with van der Waals surface area (Å²) in [6.45, 7) is 0.715. The fourth-order valence-corrected chi connectivity index (χ4v) is 2.02. The van der Waals surface area contributed by atoms with Crippen molar-refractivity contribution in [1.82, 2.24) is 4.57 Å².